The van der Waals surface area contributed by atoms with Crippen LogP contribution in [-0.4, -0.2) is 36.2 Å². The first-order valence-corrected chi connectivity index (χ1v) is 8.63. The summed E-state index contributed by atoms with van der Waals surface area (Å²) in [6.45, 7) is 1.91. The Morgan fingerprint density at radius 1 is 1.28 bits per heavy atom. The maximum Gasteiger partial charge on any atom is 0.279 e. The van der Waals surface area contributed by atoms with Gasteiger partial charge < -0.3 is 5.11 Å². The van der Waals surface area contributed by atoms with Crippen molar-refractivity contribution in [1.29, 1.82) is 0 Å². The number of nitrogens with zero attached hydrogens (tertiary/aromatic N) is 5. The second-order valence-electron chi connectivity index (χ2n) is 5.04. The molecule has 2 N–H and O–H groups in total. The molecule has 0 fully saturated rings. The van der Waals surface area contributed by atoms with Crippen LogP contribution < -0.4 is 5.32 Å². The third kappa shape index (κ3) is 3.96. The molecule has 25 heavy (non-hydrogen) atoms. The number of nitrogens with one attached hydrogen (secondary N) is 1. The van der Waals surface area contributed by atoms with E-state index in [4.69, 9.17) is 28.3 Å². The second kappa shape index (κ2) is 7.44. The van der Waals surface area contributed by atoms with Crippen LogP contribution in [0.4, 0.5) is 5.13 Å². The fourth-order valence-corrected chi connectivity index (χ4v) is 2.97. The number of aliphatic hydroxyl groups is 1. The van der Waals surface area contributed by atoms with Crippen LogP contribution in [0.1, 0.15) is 26.8 Å². The molecule has 1 amide bonds. The summed E-state index contributed by atoms with van der Waals surface area (Å²) >= 11 is 13.0. The van der Waals surface area contributed by atoms with E-state index in [0.29, 0.717) is 27.3 Å². The highest BCUT2D eigenvalue weighted by Crippen LogP contribution is 2.23. The molecule has 0 unspecified atom stereocenters. The molecule has 3 rings (SSSR count). The van der Waals surface area contributed by atoms with Crippen LogP contribution in [0.25, 0.3) is 0 Å². The third-order valence-electron chi connectivity index (χ3n) is 3.34. The lowest BCUT2D eigenvalue weighted by atomic mass is 10.2. The molecule has 1 aromatic carbocycles. The van der Waals surface area contributed by atoms with Gasteiger partial charge in [-0.25, -0.2) is 4.68 Å². The Balaban J connectivity index is 1.75. The van der Waals surface area contributed by atoms with E-state index >= 15 is 0 Å². The van der Waals surface area contributed by atoms with E-state index in [1.165, 1.54) is 0 Å². The molecule has 3 aromatic rings. The first-order chi connectivity index (χ1) is 12.0. The summed E-state index contributed by atoms with van der Waals surface area (Å²) in [6, 6.07) is 5.27. The van der Waals surface area contributed by atoms with Crippen LogP contribution in [0.3, 0.4) is 0 Å². The van der Waals surface area contributed by atoms with Crippen molar-refractivity contribution in [2.24, 2.45) is 0 Å². The van der Waals surface area contributed by atoms with Crippen molar-refractivity contribution in [3.63, 3.8) is 0 Å². The summed E-state index contributed by atoms with van der Waals surface area (Å²) < 4.78 is 1.59. The molecular formula is C14H12Cl2N6O2S. The summed E-state index contributed by atoms with van der Waals surface area (Å²) in [4.78, 5) is 12.3. The lowest BCUT2D eigenvalue weighted by Crippen LogP contribution is -2.14. The second-order valence-corrected chi connectivity index (χ2v) is 6.92. The number of anilines is 1. The van der Waals surface area contributed by atoms with E-state index in [-0.39, 0.29) is 17.4 Å². The van der Waals surface area contributed by atoms with Gasteiger partial charge in [-0.15, -0.1) is 15.3 Å². The van der Waals surface area contributed by atoms with Gasteiger partial charge in [-0.1, -0.05) is 45.8 Å². The van der Waals surface area contributed by atoms with Crippen LogP contribution >= 0.6 is 34.5 Å². The highest BCUT2D eigenvalue weighted by molar-refractivity contribution is 7.15. The smallest absolute Gasteiger partial charge is 0.279 e. The van der Waals surface area contributed by atoms with Gasteiger partial charge in [-0.2, -0.15) is 0 Å². The summed E-state index contributed by atoms with van der Waals surface area (Å²) in [5, 5.41) is 28.6. The van der Waals surface area contributed by atoms with Crippen molar-refractivity contribution in [3.8, 4) is 0 Å². The van der Waals surface area contributed by atoms with Crippen LogP contribution in [0.2, 0.25) is 10.0 Å². The minimum Gasteiger partial charge on any atom is -0.389 e. The van der Waals surface area contributed by atoms with Crippen LogP contribution in [0.5, 0.6) is 0 Å². The zero-order chi connectivity index (χ0) is 18.0. The van der Waals surface area contributed by atoms with Gasteiger partial charge in [0.15, 0.2) is 5.69 Å². The third-order valence-corrected chi connectivity index (χ3v) is 4.90. The Labute approximate surface area is 156 Å². The van der Waals surface area contributed by atoms with E-state index in [9.17, 15) is 4.79 Å². The fraction of sp³-hybridized carbons (Fsp3) is 0.214. The molecule has 0 saturated carbocycles. The SMILES string of the molecule is Cc1c(C(=O)Nc2nnc(CO)s2)nnn1Cc1ccc(Cl)c(Cl)c1. The summed E-state index contributed by atoms with van der Waals surface area (Å²) in [7, 11) is 0. The first-order valence-electron chi connectivity index (χ1n) is 7.06. The minimum atomic E-state index is -0.446. The lowest BCUT2D eigenvalue weighted by molar-refractivity contribution is 0.102. The summed E-state index contributed by atoms with van der Waals surface area (Å²) in [5.41, 5.74) is 1.65. The standard InChI is InChI=1S/C14H12Cl2N6O2S/c1-7-12(13(24)17-14-20-18-11(6-23)25-14)19-21-22(7)5-8-2-3-9(15)10(16)4-8/h2-4,23H,5-6H2,1H3,(H,17,20,24). The van der Waals surface area contributed by atoms with E-state index in [2.05, 4.69) is 25.8 Å². The maximum atomic E-state index is 12.3. The molecule has 2 heterocycles. The Hall–Kier alpha value is -2.07. The Kier molecular flexibility index (Phi) is 5.28. The van der Waals surface area contributed by atoms with Gasteiger partial charge in [0.05, 0.1) is 28.9 Å². The number of hydrogen-bond acceptors (Lipinski definition) is 7. The molecule has 0 spiro atoms. The quantitative estimate of drug-likeness (QED) is 0.683. The van der Waals surface area contributed by atoms with Crippen LogP contribution in [0.15, 0.2) is 18.2 Å². The molecule has 0 radical (unpaired) electrons. The van der Waals surface area contributed by atoms with E-state index < -0.39 is 5.91 Å². The highest BCUT2D eigenvalue weighted by atomic mass is 35.5. The molecule has 2 aromatic heterocycles. The molecular weight excluding hydrogens is 387 g/mol. The Morgan fingerprint density at radius 3 is 2.76 bits per heavy atom. The molecule has 8 nitrogen and oxygen atoms in total. The number of halogens is 2. The lowest BCUT2D eigenvalue weighted by Gasteiger charge is -2.05. The highest BCUT2D eigenvalue weighted by Gasteiger charge is 2.18. The predicted molar refractivity (Wildman–Crippen MR) is 94.1 cm³/mol. The van der Waals surface area contributed by atoms with Gasteiger partial charge >= 0.3 is 0 Å². The van der Waals surface area contributed by atoms with Gasteiger partial charge in [0, 0.05) is 0 Å². The molecule has 130 valence electrons. The summed E-state index contributed by atoms with van der Waals surface area (Å²) in [6.07, 6.45) is 0. The number of carbonyl (C=O) groups is 1. The van der Waals surface area contributed by atoms with Gasteiger partial charge in [0.2, 0.25) is 5.13 Å². The normalized spacial score (nSPS) is 10.9. The van der Waals surface area contributed by atoms with E-state index in [1.54, 1.807) is 23.7 Å². The number of aliphatic hydroxyl groups excluding tert-OH is 1. The van der Waals surface area contributed by atoms with Crippen molar-refractivity contribution in [2.75, 3.05) is 5.32 Å². The first kappa shape index (κ1) is 17.7. The van der Waals surface area contributed by atoms with E-state index in [1.807, 2.05) is 6.07 Å². The zero-order valence-electron chi connectivity index (χ0n) is 12.9. The average Bonchev–Trinajstić information content (AvgIpc) is 3.18. The maximum absolute atomic E-state index is 12.3. The molecule has 0 aliphatic carbocycles. The van der Waals surface area contributed by atoms with Crippen LogP contribution in [-0.2, 0) is 13.2 Å². The van der Waals surface area contributed by atoms with Crippen molar-refractivity contribution >= 4 is 45.6 Å². The predicted octanol–water partition coefficient (Wildman–Crippen LogP) is 2.54. The van der Waals surface area contributed by atoms with Gasteiger partial charge in [-0.3, -0.25) is 10.1 Å². The van der Waals surface area contributed by atoms with Crippen LogP contribution in [0, 0.1) is 6.92 Å². The molecule has 0 saturated heterocycles. The van der Waals surface area contributed by atoms with Crippen molar-refractivity contribution < 1.29 is 9.90 Å². The number of hydrogen-bond donors (Lipinski definition) is 2. The van der Waals surface area contributed by atoms with Gasteiger partial charge in [0.25, 0.3) is 5.91 Å². The average molecular weight is 399 g/mol. The molecule has 0 aliphatic heterocycles. The molecule has 0 bridgehead atoms. The number of benzene rings is 1. The topological polar surface area (TPSA) is 106 Å². The Bertz CT molecular complexity index is 926. The zero-order valence-corrected chi connectivity index (χ0v) is 15.2. The number of amides is 1. The van der Waals surface area contributed by atoms with Crippen molar-refractivity contribution in [1.82, 2.24) is 25.2 Å². The largest absolute Gasteiger partial charge is 0.389 e. The van der Waals surface area contributed by atoms with Crippen molar-refractivity contribution in [2.45, 2.75) is 20.1 Å². The number of carbonyl (C=O) groups excluding carboxylic acids is 1. The van der Waals surface area contributed by atoms with Gasteiger partial charge in [0.1, 0.15) is 5.01 Å². The number of aromatic nitrogens is 5. The molecule has 11 heteroatoms. The van der Waals surface area contributed by atoms with Gasteiger partial charge in [-0.05, 0) is 24.6 Å². The fourth-order valence-electron chi connectivity index (χ4n) is 2.06. The van der Waals surface area contributed by atoms with Crippen molar-refractivity contribution in [3.05, 3.63) is 50.2 Å². The summed E-state index contributed by atoms with van der Waals surface area (Å²) in [5.74, 6) is -0.446. The Morgan fingerprint density at radius 2 is 2.08 bits per heavy atom. The monoisotopic (exact) mass is 398 g/mol. The molecule has 0 aliphatic rings. The van der Waals surface area contributed by atoms with E-state index in [0.717, 1.165) is 16.9 Å². The minimum absolute atomic E-state index is 0.181. The molecule has 0 atom stereocenters. The number of rotatable bonds is 5.